The largest absolute Gasteiger partial charge is 0.350 e. The van der Waals surface area contributed by atoms with Crippen LogP contribution >= 0.6 is 0 Å². The summed E-state index contributed by atoms with van der Waals surface area (Å²) in [6.45, 7) is 5.64. The first-order valence-corrected chi connectivity index (χ1v) is 8.36. The van der Waals surface area contributed by atoms with Crippen LogP contribution in [0.4, 0.5) is 0 Å². The van der Waals surface area contributed by atoms with Crippen LogP contribution in [0.1, 0.15) is 50.7 Å². The number of nitrogens with zero attached hydrogens (tertiary/aromatic N) is 1. The summed E-state index contributed by atoms with van der Waals surface area (Å²) in [6.07, 6.45) is 3.10. The zero-order valence-electron chi connectivity index (χ0n) is 14.1. The number of hydrogen-bond donors (Lipinski definition) is 2. The van der Waals surface area contributed by atoms with E-state index in [-0.39, 0.29) is 11.8 Å². The highest BCUT2D eigenvalue weighted by atomic mass is 16.2. The first-order valence-electron chi connectivity index (χ1n) is 8.36. The number of carbonyl (C=O) groups is 2. The standard InChI is InChI=1S/C18H27N3O2/c1-3-10-18(2,19)17(23)20-12-14-7-4-5-8-15(14)13-21-11-6-9-16(21)22/h4-5,7-8H,3,6,9-13,19H2,1-2H3,(H,20,23). The fraction of sp³-hybridized carbons (Fsp3) is 0.556. The Morgan fingerprint density at radius 3 is 2.65 bits per heavy atom. The highest BCUT2D eigenvalue weighted by Gasteiger charge is 2.27. The van der Waals surface area contributed by atoms with Crippen molar-refractivity contribution in [1.82, 2.24) is 10.2 Å². The highest BCUT2D eigenvalue weighted by molar-refractivity contribution is 5.85. The minimum absolute atomic E-state index is 0.133. The Morgan fingerprint density at radius 1 is 1.35 bits per heavy atom. The predicted octanol–water partition coefficient (Wildman–Crippen LogP) is 1.94. The van der Waals surface area contributed by atoms with Crippen molar-refractivity contribution < 1.29 is 9.59 Å². The van der Waals surface area contributed by atoms with E-state index in [4.69, 9.17) is 5.73 Å². The van der Waals surface area contributed by atoms with E-state index in [0.29, 0.717) is 25.9 Å². The van der Waals surface area contributed by atoms with Gasteiger partial charge in [0.15, 0.2) is 0 Å². The summed E-state index contributed by atoms with van der Waals surface area (Å²) in [5, 5.41) is 2.93. The quantitative estimate of drug-likeness (QED) is 0.807. The lowest BCUT2D eigenvalue weighted by Gasteiger charge is -2.23. The molecule has 1 aliphatic rings. The molecular formula is C18H27N3O2. The molecule has 5 heteroatoms. The van der Waals surface area contributed by atoms with Crippen LogP contribution in [0.3, 0.4) is 0 Å². The van der Waals surface area contributed by atoms with E-state index in [1.54, 1.807) is 6.92 Å². The number of benzene rings is 1. The normalized spacial score (nSPS) is 17.2. The molecule has 23 heavy (non-hydrogen) atoms. The second-order valence-electron chi connectivity index (χ2n) is 6.54. The zero-order valence-corrected chi connectivity index (χ0v) is 14.1. The third-order valence-corrected chi connectivity index (χ3v) is 4.38. The van der Waals surface area contributed by atoms with Gasteiger partial charge in [0.05, 0.1) is 5.54 Å². The molecule has 0 spiro atoms. The number of nitrogens with two attached hydrogens (primary N) is 1. The summed E-state index contributed by atoms with van der Waals surface area (Å²) in [4.78, 5) is 25.9. The maximum atomic E-state index is 12.2. The minimum Gasteiger partial charge on any atom is -0.350 e. The Bertz CT molecular complexity index is 569. The number of hydrogen-bond acceptors (Lipinski definition) is 3. The van der Waals surface area contributed by atoms with Gasteiger partial charge in [-0.3, -0.25) is 9.59 Å². The van der Waals surface area contributed by atoms with E-state index in [9.17, 15) is 9.59 Å². The van der Waals surface area contributed by atoms with E-state index in [0.717, 1.165) is 30.5 Å². The fourth-order valence-electron chi connectivity index (χ4n) is 2.97. The van der Waals surface area contributed by atoms with Crippen LogP contribution in [0, 0.1) is 0 Å². The molecule has 1 atom stereocenters. The lowest BCUT2D eigenvalue weighted by molar-refractivity contribution is -0.128. The molecule has 0 bridgehead atoms. The number of amides is 2. The Hall–Kier alpha value is -1.88. The Morgan fingerprint density at radius 2 is 2.04 bits per heavy atom. The van der Waals surface area contributed by atoms with Gasteiger partial charge in [0.2, 0.25) is 11.8 Å². The van der Waals surface area contributed by atoms with Crippen LogP contribution in [0.25, 0.3) is 0 Å². The van der Waals surface area contributed by atoms with Gasteiger partial charge < -0.3 is 16.0 Å². The SMILES string of the molecule is CCCC(C)(N)C(=O)NCc1ccccc1CN1CCCC1=O. The van der Waals surface area contributed by atoms with Crippen molar-refractivity contribution in [3.05, 3.63) is 35.4 Å². The van der Waals surface area contributed by atoms with Crippen LogP contribution in [-0.4, -0.2) is 28.8 Å². The van der Waals surface area contributed by atoms with Gasteiger partial charge >= 0.3 is 0 Å². The van der Waals surface area contributed by atoms with Crippen molar-refractivity contribution in [3.63, 3.8) is 0 Å². The molecule has 1 aromatic carbocycles. The van der Waals surface area contributed by atoms with Gasteiger partial charge in [-0.2, -0.15) is 0 Å². The van der Waals surface area contributed by atoms with Gasteiger partial charge in [0.25, 0.3) is 0 Å². The summed E-state index contributed by atoms with van der Waals surface area (Å²) in [5.41, 5.74) is 7.34. The third-order valence-electron chi connectivity index (χ3n) is 4.38. The van der Waals surface area contributed by atoms with Crippen molar-refractivity contribution in [2.24, 2.45) is 5.73 Å². The zero-order chi connectivity index (χ0) is 16.9. The van der Waals surface area contributed by atoms with Crippen molar-refractivity contribution in [3.8, 4) is 0 Å². The van der Waals surface area contributed by atoms with Gasteiger partial charge in [-0.25, -0.2) is 0 Å². The van der Waals surface area contributed by atoms with Crippen LogP contribution in [0.15, 0.2) is 24.3 Å². The van der Waals surface area contributed by atoms with Gasteiger partial charge in [0, 0.05) is 26.1 Å². The van der Waals surface area contributed by atoms with Gasteiger partial charge in [0.1, 0.15) is 0 Å². The molecule has 1 heterocycles. The molecule has 2 amide bonds. The summed E-state index contributed by atoms with van der Waals surface area (Å²) in [5.74, 6) is 0.0766. The Balaban J connectivity index is 2.00. The molecule has 1 fully saturated rings. The average Bonchev–Trinajstić information content (AvgIpc) is 2.91. The van der Waals surface area contributed by atoms with Crippen LogP contribution < -0.4 is 11.1 Å². The third kappa shape index (κ3) is 4.55. The summed E-state index contributed by atoms with van der Waals surface area (Å²) >= 11 is 0. The van der Waals surface area contributed by atoms with Crippen molar-refractivity contribution in [2.45, 2.75) is 58.2 Å². The lowest BCUT2D eigenvalue weighted by atomic mass is 9.96. The maximum absolute atomic E-state index is 12.2. The van der Waals surface area contributed by atoms with Crippen LogP contribution in [0.2, 0.25) is 0 Å². The number of likely N-dealkylation sites (tertiary alicyclic amines) is 1. The average molecular weight is 317 g/mol. The lowest BCUT2D eigenvalue weighted by Crippen LogP contribution is -2.51. The van der Waals surface area contributed by atoms with Gasteiger partial charge in [-0.1, -0.05) is 37.6 Å². The molecule has 0 saturated carbocycles. The van der Waals surface area contributed by atoms with E-state index in [2.05, 4.69) is 5.32 Å². The monoisotopic (exact) mass is 317 g/mol. The number of carbonyl (C=O) groups excluding carboxylic acids is 2. The molecule has 1 unspecified atom stereocenters. The van der Waals surface area contributed by atoms with Gasteiger partial charge in [-0.15, -0.1) is 0 Å². The van der Waals surface area contributed by atoms with Gasteiger partial charge in [-0.05, 0) is 30.9 Å². The Kier molecular flexibility index (Phi) is 5.77. The molecule has 3 N–H and O–H groups in total. The molecule has 1 saturated heterocycles. The molecule has 2 rings (SSSR count). The second-order valence-corrected chi connectivity index (χ2v) is 6.54. The molecule has 0 aliphatic carbocycles. The predicted molar refractivity (Wildman–Crippen MR) is 90.4 cm³/mol. The molecule has 1 aromatic rings. The Labute approximate surface area is 138 Å². The van der Waals surface area contributed by atoms with Crippen molar-refractivity contribution in [1.29, 1.82) is 0 Å². The molecule has 0 radical (unpaired) electrons. The van der Waals surface area contributed by atoms with E-state index >= 15 is 0 Å². The summed E-state index contributed by atoms with van der Waals surface area (Å²) in [6, 6.07) is 7.92. The summed E-state index contributed by atoms with van der Waals surface area (Å²) in [7, 11) is 0. The molecular weight excluding hydrogens is 290 g/mol. The molecule has 0 aromatic heterocycles. The molecule has 5 nitrogen and oxygen atoms in total. The van der Waals surface area contributed by atoms with Crippen molar-refractivity contribution >= 4 is 11.8 Å². The first kappa shape index (κ1) is 17.5. The highest BCUT2D eigenvalue weighted by Crippen LogP contribution is 2.17. The van der Waals surface area contributed by atoms with Crippen LogP contribution in [-0.2, 0) is 22.7 Å². The fourth-order valence-corrected chi connectivity index (χ4v) is 2.97. The number of nitrogens with one attached hydrogen (secondary N) is 1. The minimum atomic E-state index is -0.839. The summed E-state index contributed by atoms with van der Waals surface area (Å²) < 4.78 is 0. The maximum Gasteiger partial charge on any atom is 0.240 e. The topological polar surface area (TPSA) is 75.4 Å². The van der Waals surface area contributed by atoms with E-state index in [1.165, 1.54) is 0 Å². The smallest absolute Gasteiger partial charge is 0.240 e. The first-order chi connectivity index (χ1) is 10.9. The second kappa shape index (κ2) is 7.59. The van der Waals surface area contributed by atoms with Crippen molar-refractivity contribution in [2.75, 3.05) is 6.54 Å². The molecule has 1 aliphatic heterocycles. The van der Waals surface area contributed by atoms with E-state index < -0.39 is 5.54 Å². The van der Waals surface area contributed by atoms with E-state index in [1.807, 2.05) is 36.1 Å². The van der Waals surface area contributed by atoms with Crippen LogP contribution in [0.5, 0.6) is 0 Å². The number of rotatable bonds is 7. The molecule has 126 valence electrons.